The summed E-state index contributed by atoms with van der Waals surface area (Å²) >= 11 is 0. The molecule has 110 valence electrons. The summed E-state index contributed by atoms with van der Waals surface area (Å²) in [6.07, 6.45) is 2.70. The second-order valence-electron chi connectivity index (χ2n) is 6.90. The highest BCUT2D eigenvalue weighted by atomic mass is 19.1. The van der Waals surface area contributed by atoms with Crippen molar-refractivity contribution >= 4 is 0 Å². The van der Waals surface area contributed by atoms with Crippen molar-refractivity contribution < 1.29 is 4.39 Å². The fraction of sp³-hybridized carbons (Fsp3) is 0.647. The highest BCUT2D eigenvalue weighted by Gasteiger charge is 2.45. The van der Waals surface area contributed by atoms with Gasteiger partial charge < -0.3 is 5.32 Å². The van der Waals surface area contributed by atoms with Crippen LogP contribution in [0.1, 0.15) is 37.8 Å². The zero-order valence-corrected chi connectivity index (χ0v) is 12.7. The largest absolute Gasteiger partial charge is 0.308 e. The fourth-order valence-corrected chi connectivity index (χ4v) is 3.38. The average molecular weight is 276 g/mol. The van der Waals surface area contributed by atoms with Gasteiger partial charge in [-0.1, -0.05) is 6.07 Å². The van der Waals surface area contributed by atoms with Gasteiger partial charge in [0.25, 0.3) is 0 Å². The maximum Gasteiger partial charge on any atom is 0.123 e. The molecule has 2 nitrogen and oxygen atoms in total. The maximum absolute atomic E-state index is 13.5. The first-order chi connectivity index (χ1) is 9.48. The first kappa shape index (κ1) is 14.0. The highest BCUT2D eigenvalue weighted by molar-refractivity contribution is 5.26. The van der Waals surface area contributed by atoms with E-state index in [0.29, 0.717) is 6.04 Å². The quantitative estimate of drug-likeness (QED) is 0.912. The van der Waals surface area contributed by atoms with Gasteiger partial charge in [-0.25, -0.2) is 4.39 Å². The molecule has 20 heavy (non-hydrogen) atoms. The van der Waals surface area contributed by atoms with Gasteiger partial charge >= 0.3 is 0 Å². The van der Waals surface area contributed by atoms with E-state index >= 15 is 0 Å². The van der Waals surface area contributed by atoms with E-state index in [9.17, 15) is 4.39 Å². The lowest BCUT2D eigenvalue weighted by Crippen LogP contribution is -2.62. The Balaban J connectivity index is 1.76. The van der Waals surface area contributed by atoms with Crippen molar-refractivity contribution in [3.63, 3.8) is 0 Å². The summed E-state index contributed by atoms with van der Waals surface area (Å²) in [6.45, 7) is 9.63. The number of rotatable bonds is 3. The molecule has 0 bridgehead atoms. The third-order valence-electron chi connectivity index (χ3n) is 5.12. The number of nitrogens with one attached hydrogen (secondary N) is 1. The van der Waals surface area contributed by atoms with Gasteiger partial charge in [-0.3, -0.25) is 4.90 Å². The topological polar surface area (TPSA) is 15.3 Å². The van der Waals surface area contributed by atoms with Crippen LogP contribution in [-0.2, 0) is 6.54 Å². The van der Waals surface area contributed by atoms with E-state index in [0.717, 1.165) is 31.1 Å². The fourth-order valence-electron chi connectivity index (χ4n) is 3.38. The monoisotopic (exact) mass is 276 g/mol. The van der Waals surface area contributed by atoms with Crippen molar-refractivity contribution in [3.8, 4) is 0 Å². The molecule has 1 saturated carbocycles. The van der Waals surface area contributed by atoms with E-state index in [4.69, 9.17) is 0 Å². The van der Waals surface area contributed by atoms with Crippen molar-refractivity contribution in [1.82, 2.24) is 10.2 Å². The summed E-state index contributed by atoms with van der Waals surface area (Å²) in [7, 11) is 0. The second-order valence-corrected chi connectivity index (χ2v) is 6.90. The van der Waals surface area contributed by atoms with Gasteiger partial charge in [0, 0.05) is 31.2 Å². The Hall–Kier alpha value is -0.930. The van der Waals surface area contributed by atoms with E-state index in [2.05, 4.69) is 31.0 Å². The third kappa shape index (κ3) is 2.75. The van der Waals surface area contributed by atoms with Crippen molar-refractivity contribution in [3.05, 3.63) is 35.1 Å². The van der Waals surface area contributed by atoms with Crippen molar-refractivity contribution in [2.45, 2.75) is 51.7 Å². The average Bonchev–Trinajstić information content (AvgIpc) is 3.23. The minimum Gasteiger partial charge on any atom is -0.308 e. The zero-order valence-electron chi connectivity index (χ0n) is 12.7. The predicted octanol–water partition coefficient (Wildman–Crippen LogP) is 3.10. The van der Waals surface area contributed by atoms with Crippen LogP contribution in [0.5, 0.6) is 0 Å². The highest BCUT2D eigenvalue weighted by Crippen LogP contribution is 2.41. The van der Waals surface area contributed by atoms with E-state index in [1.54, 1.807) is 12.1 Å². The third-order valence-corrected chi connectivity index (χ3v) is 5.12. The van der Waals surface area contributed by atoms with Crippen LogP contribution in [0.2, 0.25) is 0 Å². The molecule has 3 heteroatoms. The second kappa shape index (κ2) is 5.12. The maximum atomic E-state index is 13.5. The number of nitrogens with zero attached hydrogens (tertiary/aromatic N) is 1. The van der Waals surface area contributed by atoms with Gasteiger partial charge in [-0.15, -0.1) is 0 Å². The molecule has 1 heterocycles. The van der Waals surface area contributed by atoms with Gasteiger partial charge in [-0.05, 0) is 62.8 Å². The van der Waals surface area contributed by atoms with Crippen molar-refractivity contribution in [2.24, 2.45) is 5.92 Å². The summed E-state index contributed by atoms with van der Waals surface area (Å²) < 4.78 is 13.5. The number of hydrogen-bond acceptors (Lipinski definition) is 2. The molecule has 2 aliphatic rings. The predicted molar refractivity (Wildman–Crippen MR) is 80.1 cm³/mol. The first-order valence-corrected chi connectivity index (χ1v) is 7.72. The van der Waals surface area contributed by atoms with Crippen molar-refractivity contribution in [2.75, 3.05) is 13.1 Å². The molecular weight excluding hydrogens is 251 g/mol. The lowest BCUT2D eigenvalue weighted by atomic mass is 9.90. The summed E-state index contributed by atoms with van der Waals surface area (Å²) in [6, 6.07) is 5.63. The molecule has 1 N–H and O–H groups in total. The van der Waals surface area contributed by atoms with Crippen molar-refractivity contribution in [1.29, 1.82) is 0 Å². The first-order valence-electron chi connectivity index (χ1n) is 7.72. The molecular formula is C17H25FN2. The van der Waals surface area contributed by atoms with Crippen LogP contribution in [0.3, 0.4) is 0 Å². The van der Waals surface area contributed by atoms with Crippen LogP contribution in [-0.4, -0.2) is 29.6 Å². The molecule has 0 aromatic heterocycles. The number of hydrogen-bond donors (Lipinski definition) is 1. The van der Waals surface area contributed by atoms with E-state index in [1.807, 2.05) is 6.07 Å². The van der Waals surface area contributed by atoms with Gasteiger partial charge in [0.05, 0.1) is 0 Å². The molecule has 0 radical (unpaired) electrons. The van der Waals surface area contributed by atoms with E-state index in [1.165, 1.54) is 18.4 Å². The normalized spacial score (nSPS) is 31.5. The molecule has 1 saturated heterocycles. The Labute approximate surface area is 121 Å². The molecule has 2 atom stereocenters. The van der Waals surface area contributed by atoms with Crippen LogP contribution in [0, 0.1) is 18.7 Å². The van der Waals surface area contributed by atoms with Crippen LogP contribution < -0.4 is 5.32 Å². The molecule has 1 aliphatic carbocycles. The van der Waals surface area contributed by atoms with Gasteiger partial charge in [0.2, 0.25) is 0 Å². The molecule has 2 fully saturated rings. The standard InChI is InChI=1S/C17H25FN2/c1-12-4-7-16(18)8-14(12)10-20-11-17(3,15-5-6-15)19-9-13(20)2/h4,7-8,13,15,19H,5-6,9-11H2,1-3H3. The SMILES string of the molecule is Cc1ccc(F)cc1CN1CC(C)(C2CC2)NCC1C. The lowest BCUT2D eigenvalue weighted by molar-refractivity contribution is 0.0768. The molecule has 3 rings (SSSR count). The van der Waals surface area contributed by atoms with Crippen LogP contribution in [0.25, 0.3) is 0 Å². The lowest BCUT2D eigenvalue weighted by Gasteiger charge is -2.46. The summed E-state index contributed by atoms with van der Waals surface area (Å²) in [5.74, 6) is 0.699. The zero-order chi connectivity index (χ0) is 14.3. The number of piperazine rings is 1. The Morgan fingerprint density at radius 3 is 2.85 bits per heavy atom. The number of benzene rings is 1. The van der Waals surface area contributed by atoms with Gasteiger partial charge in [0.1, 0.15) is 5.82 Å². The smallest absolute Gasteiger partial charge is 0.123 e. The summed E-state index contributed by atoms with van der Waals surface area (Å²) in [4.78, 5) is 2.51. The molecule has 1 aromatic carbocycles. The van der Waals surface area contributed by atoms with Crippen LogP contribution in [0.15, 0.2) is 18.2 Å². The molecule has 0 amide bonds. The van der Waals surface area contributed by atoms with Crippen LogP contribution in [0.4, 0.5) is 4.39 Å². The van der Waals surface area contributed by atoms with E-state index in [-0.39, 0.29) is 11.4 Å². The molecule has 1 aromatic rings. The molecule has 1 aliphatic heterocycles. The Bertz CT molecular complexity index is 498. The number of halogens is 1. The van der Waals surface area contributed by atoms with Gasteiger partial charge in [0.15, 0.2) is 0 Å². The molecule has 2 unspecified atom stereocenters. The minimum absolute atomic E-state index is 0.127. The minimum atomic E-state index is -0.127. The van der Waals surface area contributed by atoms with Crippen LogP contribution >= 0.6 is 0 Å². The summed E-state index contributed by atoms with van der Waals surface area (Å²) in [5, 5.41) is 3.73. The molecule has 0 spiro atoms. The Morgan fingerprint density at radius 2 is 2.15 bits per heavy atom. The Morgan fingerprint density at radius 1 is 1.40 bits per heavy atom. The van der Waals surface area contributed by atoms with E-state index < -0.39 is 0 Å². The van der Waals surface area contributed by atoms with Gasteiger partial charge in [-0.2, -0.15) is 0 Å². The number of aryl methyl sites for hydroxylation is 1. The Kier molecular flexibility index (Phi) is 3.59. The summed E-state index contributed by atoms with van der Waals surface area (Å²) in [5.41, 5.74) is 2.55.